The van der Waals surface area contributed by atoms with E-state index < -0.39 is 5.60 Å². The molecule has 146 valence electrons. The molecule has 1 aromatic heterocycles. The van der Waals surface area contributed by atoms with E-state index in [2.05, 4.69) is 20.6 Å². The minimum Gasteiger partial charge on any atom is -0.477 e. The van der Waals surface area contributed by atoms with Crippen LogP contribution < -0.4 is 15.4 Å². The fraction of sp³-hybridized carbons (Fsp3) is 0.421. The summed E-state index contributed by atoms with van der Waals surface area (Å²) in [5, 5.41) is 7.01. The second-order valence-electron chi connectivity index (χ2n) is 6.58. The monoisotopic (exact) mass is 410 g/mol. The van der Waals surface area contributed by atoms with Gasteiger partial charge in [-0.05, 0) is 44.3 Å². The molecule has 27 heavy (non-hydrogen) atoms. The summed E-state index contributed by atoms with van der Waals surface area (Å²) in [5.74, 6) is 0.554. The number of halogens is 2. The third kappa shape index (κ3) is 5.79. The quantitative estimate of drug-likeness (QED) is 0.765. The van der Waals surface area contributed by atoms with Crippen LogP contribution in [-0.4, -0.2) is 40.6 Å². The summed E-state index contributed by atoms with van der Waals surface area (Å²) >= 11 is 5.94. The number of nitrogens with one attached hydrogen (secondary N) is 2. The van der Waals surface area contributed by atoms with Crippen molar-refractivity contribution in [1.82, 2.24) is 20.6 Å². The molecule has 1 unspecified atom stereocenters. The van der Waals surface area contributed by atoms with Crippen molar-refractivity contribution in [2.75, 3.05) is 13.1 Å². The van der Waals surface area contributed by atoms with Gasteiger partial charge in [0.1, 0.15) is 5.75 Å². The molecule has 8 heteroatoms. The maximum Gasteiger partial charge on any atom is 0.264 e. The average molecular weight is 411 g/mol. The summed E-state index contributed by atoms with van der Waals surface area (Å²) in [4.78, 5) is 21.4. The molecule has 2 heterocycles. The van der Waals surface area contributed by atoms with Gasteiger partial charge in [-0.2, -0.15) is 0 Å². The fourth-order valence-corrected chi connectivity index (χ4v) is 3.22. The highest BCUT2D eigenvalue weighted by Gasteiger charge is 2.42. The van der Waals surface area contributed by atoms with Gasteiger partial charge < -0.3 is 15.4 Å². The molecule has 0 bridgehead atoms. The Hall–Kier alpha value is -1.89. The lowest BCUT2D eigenvalue weighted by atomic mass is 9.90. The van der Waals surface area contributed by atoms with E-state index >= 15 is 0 Å². The Balaban J connectivity index is 0.00000261. The van der Waals surface area contributed by atoms with Gasteiger partial charge in [-0.25, -0.2) is 0 Å². The molecule has 0 saturated carbocycles. The molecule has 1 saturated heterocycles. The zero-order valence-electron chi connectivity index (χ0n) is 15.2. The Morgan fingerprint density at radius 1 is 1.30 bits per heavy atom. The van der Waals surface area contributed by atoms with Crippen molar-refractivity contribution >= 4 is 29.9 Å². The van der Waals surface area contributed by atoms with Crippen LogP contribution in [0.2, 0.25) is 5.02 Å². The Labute approximate surface area is 170 Å². The Bertz CT molecular complexity index is 722. The molecule has 0 spiro atoms. The summed E-state index contributed by atoms with van der Waals surface area (Å²) in [7, 11) is 0. The van der Waals surface area contributed by atoms with Crippen LogP contribution >= 0.6 is 24.0 Å². The lowest BCUT2D eigenvalue weighted by Crippen LogP contribution is -2.58. The van der Waals surface area contributed by atoms with Crippen LogP contribution in [0.5, 0.6) is 5.75 Å². The molecular formula is C19H24Cl2N4O2. The lowest BCUT2D eigenvalue weighted by Gasteiger charge is -2.37. The number of hydrogen-bond acceptors (Lipinski definition) is 5. The SMILES string of the molecule is CC(Cc1cnccn1)NC(=O)C1(Oc2ccc(Cl)cc2)CCNCC1.Cl. The van der Waals surface area contributed by atoms with Gasteiger partial charge in [0.2, 0.25) is 0 Å². The van der Waals surface area contributed by atoms with E-state index in [4.69, 9.17) is 16.3 Å². The van der Waals surface area contributed by atoms with Crippen molar-refractivity contribution in [2.45, 2.75) is 37.8 Å². The molecule has 1 amide bonds. The smallest absolute Gasteiger partial charge is 0.264 e. The number of amides is 1. The van der Waals surface area contributed by atoms with E-state index in [1.807, 2.05) is 6.92 Å². The summed E-state index contributed by atoms with van der Waals surface area (Å²) in [6.07, 6.45) is 6.85. The van der Waals surface area contributed by atoms with Crippen LogP contribution in [0.3, 0.4) is 0 Å². The maximum absolute atomic E-state index is 13.1. The summed E-state index contributed by atoms with van der Waals surface area (Å²) in [6, 6.07) is 7.05. The second kappa shape index (κ2) is 9.88. The van der Waals surface area contributed by atoms with Gasteiger partial charge in [-0.15, -0.1) is 12.4 Å². The van der Waals surface area contributed by atoms with Crippen LogP contribution in [0.15, 0.2) is 42.9 Å². The number of carbonyl (C=O) groups excluding carboxylic acids is 1. The number of nitrogens with zero attached hydrogens (tertiary/aromatic N) is 2. The molecule has 3 rings (SSSR count). The Morgan fingerprint density at radius 2 is 2.00 bits per heavy atom. The van der Waals surface area contributed by atoms with E-state index in [0.717, 1.165) is 18.8 Å². The summed E-state index contributed by atoms with van der Waals surface area (Å²) in [6.45, 7) is 3.43. The van der Waals surface area contributed by atoms with Gasteiger partial charge in [0.25, 0.3) is 5.91 Å². The molecule has 2 N–H and O–H groups in total. The normalized spacial score (nSPS) is 16.7. The first-order valence-corrected chi connectivity index (χ1v) is 9.16. The van der Waals surface area contributed by atoms with E-state index in [-0.39, 0.29) is 24.4 Å². The van der Waals surface area contributed by atoms with Crippen molar-refractivity contribution in [1.29, 1.82) is 0 Å². The Morgan fingerprint density at radius 3 is 2.63 bits per heavy atom. The minimum absolute atomic E-state index is 0. The molecule has 1 aromatic carbocycles. The van der Waals surface area contributed by atoms with Gasteiger partial charge in [-0.3, -0.25) is 14.8 Å². The first-order valence-electron chi connectivity index (χ1n) is 8.78. The first kappa shape index (κ1) is 21.4. The number of ether oxygens (including phenoxy) is 1. The summed E-state index contributed by atoms with van der Waals surface area (Å²) in [5.41, 5.74) is -0.0336. The maximum atomic E-state index is 13.1. The first-order chi connectivity index (χ1) is 12.6. The molecule has 1 fully saturated rings. The number of carbonyl (C=O) groups is 1. The van der Waals surface area contributed by atoms with Crippen LogP contribution in [-0.2, 0) is 11.2 Å². The highest BCUT2D eigenvalue weighted by molar-refractivity contribution is 6.30. The number of hydrogen-bond donors (Lipinski definition) is 2. The molecule has 1 atom stereocenters. The number of aromatic nitrogens is 2. The number of benzene rings is 1. The van der Waals surface area contributed by atoms with Crippen molar-refractivity contribution < 1.29 is 9.53 Å². The van der Waals surface area contributed by atoms with E-state index in [1.165, 1.54) is 0 Å². The second-order valence-corrected chi connectivity index (χ2v) is 7.01. The molecular weight excluding hydrogens is 387 g/mol. The van der Waals surface area contributed by atoms with E-state index in [1.54, 1.807) is 42.9 Å². The van der Waals surface area contributed by atoms with Crippen molar-refractivity contribution in [3.63, 3.8) is 0 Å². The summed E-state index contributed by atoms with van der Waals surface area (Å²) < 4.78 is 6.17. The zero-order chi connectivity index (χ0) is 18.4. The molecule has 1 aliphatic rings. The third-order valence-corrected chi connectivity index (χ3v) is 4.71. The van der Waals surface area contributed by atoms with Gasteiger partial charge in [0.15, 0.2) is 5.60 Å². The van der Waals surface area contributed by atoms with Crippen LogP contribution in [0.25, 0.3) is 0 Å². The highest BCUT2D eigenvalue weighted by atomic mass is 35.5. The molecule has 1 aliphatic heterocycles. The van der Waals surface area contributed by atoms with Gasteiger partial charge >= 0.3 is 0 Å². The van der Waals surface area contributed by atoms with E-state index in [9.17, 15) is 4.79 Å². The zero-order valence-corrected chi connectivity index (χ0v) is 16.7. The predicted octanol–water partition coefficient (Wildman–Crippen LogP) is 2.80. The third-order valence-electron chi connectivity index (χ3n) is 4.46. The van der Waals surface area contributed by atoms with Crippen LogP contribution in [0, 0.1) is 0 Å². The van der Waals surface area contributed by atoms with Gasteiger partial charge in [0, 0.05) is 48.9 Å². The van der Waals surface area contributed by atoms with E-state index in [0.29, 0.717) is 30.0 Å². The largest absolute Gasteiger partial charge is 0.477 e. The number of rotatable bonds is 6. The molecule has 0 radical (unpaired) electrons. The van der Waals surface area contributed by atoms with Crippen LogP contribution in [0.4, 0.5) is 0 Å². The van der Waals surface area contributed by atoms with Crippen LogP contribution in [0.1, 0.15) is 25.5 Å². The fourth-order valence-electron chi connectivity index (χ4n) is 3.09. The van der Waals surface area contributed by atoms with Crippen molar-refractivity contribution in [3.05, 3.63) is 53.6 Å². The predicted molar refractivity (Wildman–Crippen MR) is 108 cm³/mol. The van der Waals surface area contributed by atoms with Crippen molar-refractivity contribution in [3.8, 4) is 5.75 Å². The molecule has 6 nitrogen and oxygen atoms in total. The minimum atomic E-state index is -0.879. The average Bonchev–Trinajstić information content (AvgIpc) is 2.65. The standard InChI is InChI=1S/C19H23ClN4O2.ClH/c1-14(12-16-13-22-10-11-23-16)24-18(25)19(6-8-21-9-7-19)26-17-4-2-15(20)3-5-17;/h2-5,10-11,13-14,21H,6-9,12H2,1H3,(H,24,25);1H. The lowest BCUT2D eigenvalue weighted by molar-refractivity contribution is -0.139. The molecule has 2 aromatic rings. The topological polar surface area (TPSA) is 76.1 Å². The van der Waals surface area contributed by atoms with Crippen molar-refractivity contribution in [2.24, 2.45) is 0 Å². The Kier molecular flexibility index (Phi) is 7.83. The van der Waals surface area contributed by atoms with Gasteiger partial charge in [-0.1, -0.05) is 11.6 Å². The van der Waals surface area contributed by atoms with Gasteiger partial charge in [0.05, 0.1) is 5.69 Å². The number of piperidine rings is 1. The highest BCUT2D eigenvalue weighted by Crippen LogP contribution is 2.28. The molecule has 0 aliphatic carbocycles.